The van der Waals surface area contributed by atoms with Gasteiger partial charge >= 0.3 is 0 Å². The van der Waals surface area contributed by atoms with Crippen molar-refractivity contribution in [3.05, 3.63) is 0 Å². The monoisotopic (exact) mass is 238 g/mol. The van der Waals surface area contributed by atoms with E-state index >= 15 is 0 Å². The lowest BCUT2D eigenvalue weighted by molar-refractivity contribution is -0.126. The third kappa shape index (κ3) is 3.44. The maximum Gasteiger partial charge on any atom is 0.223 e. The molecule has 98 valence electrons. The van der Waals surface area contributed by atoms with E-state index in [1.54, 1.807) is 0 Å². The first kappa shape index (κ1) is 12.9. The highest BCUT2D eigenvalue weighted by molar-refractivity contribution is 5.78. The Morgan fingerprint density at radius 2 is 1.94 bits per heavy atom. The third-order valence-corrected chi connectivity index (χ3v) is 4.63. The molecule has 1 saturated heterocycles. The minimum absolute atomic E-state index is 0.179. The number of rotatable bonds is 4. The first-order valence-electron chi connectivity index (χ1n) is 7.15. The van der Waals surface area contributed by atoms with Crippen molar-refractivity contribution in [1.29, 1.82) is 0 Å². The topological polar surface area (TPSA) is 41.1 Å². The van der Waals surface area contributed by atoms with E-state index in [0.717, 1.165) is 31.5 Å². The van der Waals surface area contributed by atoms with Crippen molar-refractivity contribution in [2.75, 3.05) is 19.6 Å². The van der Waals surface area contributed by atoms with Crippen molar-refractivity contribution in [1.82, 2.24) is 10.6 Å². The van der Waals surface area contributed by atoms with Crippen molar-refractivity contribution >= 4 is 5.91 Å². The van der Waals surface area contributed by atoms with Crippen molar-refractivity contribution < 1.29 is 4.79 Å². The van der Waals surface area contributed by atoms with Gasteiger partial charge < -0.3 is 10.6 Å². The zero-order valence-electron chi connectivity index (χ0n) is 11.2. The quantitative estimate of drug-likeness (QED) is 0.784. The van der Waals surface area contributed by atoms with Crippen LogP contribution in [-0.4, -0.2) is 25.5 Å². The number of hydrogen-bond acceptors (Lipinski definition) is 2. The van der Waals surface area contributed by atoms with Gasteiger partial charge in [0.1, 0.15) is 0 Å². The smallest absolute Gasteiger partial charge is 0.223 e. The molecule has 1 saturated carbocycles. The second-order valence-electron chi connectivity index (χ2n) is 6.08. The summed E-state index contributed by atoms with van der Waals surface area (Å²) in [5.74, 6) is 2.61. The molecule has 3 nitrogen and oxygen atoms in total. The van der Waals surface area contributed by atoms with Gasteiger partial charge in [0.15, 0.2) is 0 Å². The molecule has 1 aliphatic carbocycles. The summed E-state index contributed by atoms with van der Waals surface area (Å²) in [5.41, 5.74) is 0. The Labute approximate surface area is 105 Å². The van der Waals surface area contributed by atoms with Crippen LogP contribution in [0.5, 0.6) is 0 Å². The van der Waals surface area contributed by atoms with Crippen LogP contribution in [0.2, 0.25) is 0 Å². The molecule has 1 atom stereocenters. The molecule has 2 fully saturated rings. The fourth-order valence-corrected chi connectivity index (χ4v) is 2.82. The van der Waals surface area contributed by atoms with Crippen molar-refractivity contribution in [2.24, 2.45) is 23.7 Å². The van der Waals surface area contributed by atoms with Gasteiger partial charge in [-0.3, -0.25) is 4.79 Å². The molecular formula is C14H26N2O. The molecule has 0 aromatic heterocycles. The summed E-state index contributed by atoms with van der Waals surface area (Å²) in [6.07, 6.45) is 5.26. The summed E-state index contributed by atoms with van der Waals surface area (Å²) in [4.78, 5) is 11.9. The van der Waals surface area contributed by atoms with E-state index in [4.69, 9.17) is 0 Å². The van der Waals surface area contributed by atoms with Crippen LogP contribution in [0.4, 0.5) is 0 Å². The predicted molar refractivity (Wildman–Crippen MR) is 69.7 cm³/mol. The predicted octanol–water partition coefficient (Wildman–Crippen LogP) is 1.78. The zero-order chi connectivity index (χ0) is 12.3. The molecule has 1 unspecified atom stereocenters. The van der Waals surface area contributed by atoms with Gasteiger partial charge in [-0.2, -0.15) is 0 Å². The highest BCUT2D eigenvalue weighted by Gasteiger charge is 2.29. The van der Waals surface area contributed by atoms with Crippen molar-refractivity contribution in [3.63, 3.8) is 0 Å². The molecule has 1 aliphatic heterocycles. The summed E-state index contributed by atoms with van der Waals surface area (Å²) >= 11 is 0. The van der Waals surface area contributed by atoms with Gasteiger partial charge in [-0.15, -0.1) is 0 Å². The summed E-state index contributed by atoms with van der Waals surface area (Å²) in [6.45, 7) is 7.31. The molecule has 0 aromatic rings. The van der Waals surface area contributed by atoms with Gasteiger partial charge in [-0.1, -0.05) is 26.7 Å². The Hall–Kier alpha value is -0.570. The molecule has 2 rings (SSSR count). The standard InChI is InChI=1S/C14H26N2O/c1-10-3-5-12(6-4-10)7-16-14(17)11(2)13-8-15-9-13/h10-13,15H,3-9H2,1-2H3,(H,16,17). The Morgan fingerprint density at radius 1 is 1.29 bits per heavy atom. The Bertz CT molecular complexity index is 255. The van der Waals surface area contributed by atoms with Crippen LogP contribution in [0.15, 0.2) is 0 Å². The Balaban J connectivity index is 1.65. The Morgan fingerprint density at radius 3 is 2.47 bits per heavy atom. The van der Waals surface area contributed by atoms with Gasteiger partial charge in [-0.25, -0.2) is 0 Å². The molecular weight excluding hydrogens is 212 g/mol. The number of carbonyl (C=O) groups is 1. The lowest BCUT2D eigenvalue weighted by atomic mass is 9.83. The molecule has 0 bridgehead atoms. The molecule has 1 heterocycles. The molecule has 3 heteroatoms. The lowest BCUT2D eigenvalue weighted by Crippen LogP contribution is -2.50. The van der Waals surface area contributed by atoms with Crippen LogP contribution in [0.1, 0.15) is 39.5 Å². The van der Waals surface area contributed by atoms with E-state index in [0.29, 0.717) is 5.92 Å². The van der Waals surface area contributed by atoms with Crippen LogP contribution < -0.4 is 10.6 Å². The van der Waals surface area contributed by atoms with Gasteiger partial charge in [0.05, 0.1) is 0 Å². The maximum atomic E-state index is 11.9. The summed E-state index contributed by atoms with van der Waals surface area (Å²) in [6, 6.07) is 0. The average molecular weight is 238 g/mol. The van der Waals surface area contributed by atoms with Crippen LogP contribution in [-0.2, 0) is 4.79 Å². The highest BCUT2D eigenvalue weighted by atomic mass is 16.1. The first-order valence-corrected chi connectivity index (χ1v) is 7.15. The second-order valence-corrected chi connectivity index (χ2v) is 6.08. The van der Waals surface area contributed by atoms with Crippen molar-refractivity contribution in [3.8, 4) is 0 Å². The molecule has 17 heavy (non-hydrogen) atoms. The van der Waals surface area contributed by atoms with E-state index in [1.165, 1.54) is 25.7 Å². The van der Waals surface area contributed by atoms with Crippen LogP contribution in [0, 0.1) is 23.7 Å². The average Bonchev–Trinajstić information content (AvgIpc) is 2.25. The van der Waals surface area contributed by atoms with Gasteiger partial charge in [0, 0.05) is 12.5 Å². The van der Waals surface area contributed by atoms with E-state index in [1.807, 2.05) is 0 Å². The van der Waals surface area contributed by atoms with Gasteiger partial charge in [-0.05, 0) is 43.7 Å². The molecule has 2 aliphatic rings. The number of hydrogen-bond donors (Lipinski definition) is 2. The third-order valence-electron chi connectivity index (χ3n) is 4.63. The molecule has 0 spiro atoms. The normalized spacial score (nSPS) is 31.6. The lowest BCUT2D eigenvalue weighted by Gasteiger charge is -2.32. The van der Waals surface area contributed by atoms with E-state index in [9.17, 15) is 4.79 Å². The summed E-state index contributed by atoms with van der Waals surface area (Å²) in [5, 5.41) is 6.38. The highest BCUT2D eigenvalue weighted by Crippen LogP contribution is 2.27. The SMILES string of the molecule is CC1CCC(CNC(=O)C(C)C2CNC2)CC1. The van der Waals surface area contributed by atoms with E-state index in [2.05, 4.69) is 24.5 Å². The number of nitrogens with one attached hydrogen (secondary N) is 2. The first-order chi connectivity index (χ1) is 8.16. The largest absolute Gasteiger partial charge is 0.356 e. The van der Waals surface area contributed by atoms with E-state index in [-0.39, 0.29) is 11.8 Å². The fraction of sp³-hybridized carbons (Fsp3) is 0.929. The molecule has 2 N–H and O–H groups in total. The van der Waals surface area contributed by atoms with Gasteiger partial charge in [0.2, 0.25) is 5.91 Å². The fourth-order valence-electron chi connectivity index (χ4n) is 2.82. The number of carbonyl (C=O) groups excluding carboxylic acids is 1. The minimum Gasteiger partial charge on any atom is -0.356 e. The van der Waals surface area contributed by atoms with E-state index < -0.39 is 0 Å². The number of amides is 1. The molecule has 0 aromatic carbocycles. The summed E-state index contributed by atoms with van der Waals surface area (Å²) in [7, 11) is 0. The minimum atomic E-state index is 0.179. The van der Waals surface area contributed by atoms with Crippen LogP contribution >= 0.6 is 0 Å². The maximum absolute atomic E-state index is 11.9. The summed E-state index contributed by atoms with van der Waals surface area (Å²) < 4.78 is 0. The molecule has 0 radical (unpaired) electrons. The van der Waals surface area contributed by atoms with Crippen molar-refractivity contribution in [2.45, 2.75) is 39.5 Å². The van der Waals surface area contributed by atoms with Crippen LogP contribution in [0.25, 0.3) is 0 Å². The Kier molecular flexibility index (Phi) is 4.43. The zero-order valence-corrected chi connectivity index (χ0v) is 11.2. The van der Waals surface area contributed by atoms with Gasteiger partial charge in [0.25, 0.3) is 0 Å². The van der Waals surface area contributed by atoms with Crippen LogP contribution in [0.3, 0.4) is 0 Å². The molecule has 1 amide bonds. The second kappa shape index (κ2) is 5.85.